The Kier molecular flexibility index (Phi) is 1.16. The second kappa shape index (κ2) is 1.79. The molecular weight excluding hydrogens is 140 g/mol. The molecule has 2 aliphatic rings. The first-order valence-electron chi connectivity index (χ1n) is 4.30. The van der Waals surface area contributed by atoms with E-state index >= 15 is 0 Å². The van der Waals surface area contributed by atoms with Crippen LogP contribution in [0.4, 0.5) is 0 Å². The van der Waals surface area contributed by atoms with Crippen molar-refractivity contribution in [3.8, 4) is 0 Å². The fourth-order valence-electron chi connectivity index (χ4n) is 2.79. The maximum Gasteiger partial charge on any atom is 0.309 e. The van der Waals surface area contributed by atoms with Crippen LogP contribution in [0, 0.1) is 10.8 Å². The molecule has 0 aromatic heterocycles. The van der Waals surface area contributed by atoms with Gasteiger partial charge in [-0.25, -0.2) is 0 Å². The summed E-state index contributed by atoms with van der Waals surface area (Å²) in [7, 11) is 0. The van der Waals surface area contributed by atoms with Gasteiger partial charge < -0.3 is 5.11 Å². The zero-order chi connectivity index (χ0) is 8.11. The molecular formula is C9H14O2. The normalized spacial score (nSPS) is 48.1. The average molecular weight is 154 g/mol. The monoisotopic (exact) mass is 154 g/mol. The largest absolute Gasteiger partial charge is 0.481 e. The molecule has 2 aliphatic carbocycles. The molecule has 0 saturated heterocycles. The van der Waals surface area contributed by atoms with Gasteiger partial charge in [0.2, 0.25) is 0 Å². The lowest BCUT2D eigenvalue weighted by molar-refractivity contribution is -0.148. The molecule has 0 amide bonds. The maximum absolute atomic E-state index is 10.9. The molecule has 0 aliphatic heterocycles. The molecule has 0 atom stereocenters. The van der Waals surface area contributed by atoms with Crippen molar-refractivity contribution in [1.82, 2.24) is 0 Å². The summed E-state index contributed by atoms with van der Waals surface area (Å²) in [6.45, 7) is 2.23. The van der Waals surface area contributed by atoms with Gasteiger partial charge >= 0.3 is 5.97 Å². The average Bonchev–Trinajstić information content (AvgIpc) is 2.42. The van der Waals surface area contributed by atoms with Crippen LogP contribution in [0.5, 0.6) is 0 Å². The summed E-state index contributed by atoms with van der Waals surface area (Å²) in [4.78, 5) is 10.9. The fourth-order valence-corrected chi connectivity index (χ4v) is 2.79. The van der Waals surface area contributed by atoms with Crippen LogP contribution in [0.2, 0.25) is 0 Å². The number of fused-ring (bicyclic) bond motifs is 2. The Morgan fingerprint density at radius 1 is 1.27 bits per heavy atom. The number of aliphatic carboxylic acids is 1. The summed E-state index contributed by atoms with van der Waals surface area (Å²) in [6, 6.07) is 0. The summed E-state index contributed by atoms with van der Waals surface area (Å²) in [6.07, 6.45) is 5.01. The van der Waals surface area contributed by atoms with Crippen molar-refractivity contribution < 1.29 is 9.90 Å². The molecule has 0 radical (unpaired) electrons. The molecule has 0 aromatic carbocycles. The van der Waals surface area contributed by atoms with Crippen molar-refractivity contribution in [2.45, 2.75) is 39.0 Å². The third kappa shape index (κ3) is 0.815. The first kappa shape index (κ1) is 7.14. The van der Waals surface area contributed by atoms with E-state index in [1.807, 2.05) is 0 Å². The quantitative estimate of drug-likeness (QED) is 0.627. The van der Waals surface area contributed by atoms with Crippen molar-refractivity contribution in [2.75, 3.05) is 0 Å². The molecule has 0 spiro atoms. The van der Waals surface area contributed by atoms with Crippen LogP contribution in [0.25, 0.3) is 0 Å². The van der Waals surface area contributed by atoms with Crippen LogP contribution in [0.15, 0.2) is 0 Å². The molecule has 2 heteroatoms. The number of carboxylic acids is 1. The molecule has 0 heterocycles. The van der Waals surface area contributed by atoms with Gasteiger partial charge in [0.15, 0.2) is 0 Å². The summed E-state index contributed by atoms with van der Waals surface area (Å²) in [5.41, 5.74) is 0.0626. The predicted molar refractivity (Wildman–Crippen MR) is 41.3 cm³/mol. The number of hydrogen-bond donors (Lipinski definition) is 1. The third-order valence-electron chi connectivity index (χ3n) is 3.63. The van der Waals surface area contributed by atoms with Crippen LogP contribution < -0.4 is 0 Å². The van der Waals surface area contributed by atoms with Crippen molar-refractivity contribution in [1.29, 1.82) is 0 Å². The van der Waals surface area contributed by atoms with E-state index in [1.54, 1.807) is 0 Å². The molecule has 1 N–H and O–H groups in total. The lowest BCUT2D eigenvalue weighted by Crippen LogP contribution is -2.25. The van der Waals surface area contributed by atoms with E-state index in [0.29, 0.717) is 5.41 Å². The molecule has 2 nitrogen and oxygen atoms in total. The first-order chi connectivity index (χ1) is 5.06. The lowest BCUT2D eigenvalue weighted by atomic mass is 9.83. The lowest BCUT2D eigenvalue weighted by Gasteiger charge is -2.21. The highest BCUT2D eigenvalue weighted by molar-refractivity contribution is 5.75. The van der Waals surface area contributed by atoms with E-state index < -0.39 is 5.97 Å². The maximum atomic E-state index is 10.9. The second-order valence-corrected chi connectivity index (χ2v) is 4.57. The van der Waals surface area contributed by atoms with Gasteiger partial charge in [0.05, 0.1) is 5.41 Å². The van der Waals surface area contributed by atoms with Gasteiger partial charge in [-0.05, 0) is 37.5 Å². The summed E-state index contributed by atoms with van der Waals surface area (Å²) < 4.78 is 0. The van der Waals surface area contributed by atoms with Gasteiger partial charge in [-0.1, -0.05) is 6.92 Å². The fraction of sp³-hybridized carbons (Fsp3) is 0.889. The molecule has 2 bridgehead atoms. The van der Waals surface area contributed by atoms with Crippen LogP contribution in [0.1, 0.15) is 39.0 Å². The minimum absolute atomic E-state index is 0.311. The summed E-state index contributed by atoms with van der Waals surface area (Å²) in [5.74, 6) is -0.557. The van der Waals surface area contributed by atoms with Gasteiger partial charge in [-0.2, -0.15) is 0 Å². The predicted octanol–water partition coefficient (Wildman–Crippen LogP) is 2.04. The number of hydrogen-bond acceptors (Lipinski definition) is 1. The topological polar surface area (TPSA) is 37.3 Å². The molecule has 62 valence electrons. The van der Waals surface area contributed by atoms with Gasteiger partial charge in [0, 0.05) is 0 Å². The number of carboxylic acid groups (broad SMARTS) is 1. The van der Waals surface area contributed by atoms with E-state index in [1.165, 1.54) is 0 Å². The SMILES string of the molecule is CC12CCC(C(=O)O)(CC1)C2. The highest BCUT2D eigenvalue weighted by Crippen LogP contribution is 2.61. The van der Waals surface area contributed by atoms with E-state index in [0.717, 1.165) is 32.1 Å². The van der Waals surface area contributed by atoms with Gasteiger partial charge in [0.1, 0.15) is 0 Å². The standard InChI is InChI=1S/C9H14O2/c1-8-2-4-9(6-8,5-3-8)7(10)11/h2-6H2,1H3,(H,10,11). The summed E-state index contributed by atoms with van der Waals surface area (Å²) >= 11 is 0. The smallest absolute Gasteiger partial charge is 0.309 e. The van der Waals surface area contributed by atoms with Crippen molar-refractivity contribution in [3.63, 3.8) is 0 Å². The Hall–Kier alpha value is -0.530. The summed E-state index contributed by atoms with van der Waals surface area (Å²) in [5, 5.41) is 9.00. The van der Waals surface area contributed by atoms with E-state index in [2.05, 4.69) is 6.92 Å². The second-order valence-electron chi connectivity index (χ2n) is 4.57. The van der Waals surface area contributed by atoms with Gasteiger partial charge in [0.25, 0.3) is 0 Å². The van der Waals surface area contributed by atoms with E-state index in [-0.39, 0.29) is 5.41 Å². The van der Waals surface area contributed by atoms with E-state index in [9.17, 15) is 4.79 Å². The van der Waals surface area contributed by atoms with Gasteiger partial charge in [-0.15, -0.1) is 0 Å². The third-order valence-corrected chi connectivity index (χ3v) is 3.63. The molecule has 2 fully saturated rings. The zero-order valence-corrected chi connectivity index (χ0v) is 6.89. The van der Waals surface area contributed by atoms with Crippen molar-refractivity contribution in [3.05, 3.63) is 0 Å². The van der Waals surface area contributed by atoms with E-state index in [4.69, 9.17) is 5.11 Å². The Morgan fingerprint density at radius 2 is 1.82 bits per heavy atom. The Morgan fingerprint density at radius 3 is 2.00 bits per heavy atom. The van der Waals surface area contributed by atoms with Crippen LogP contribution in [-0.4, -0.2) is 11.1 Å². The zero-order valence-electron chi connectivity index (χ0n) is 6.89. The Balaban J connectivity index is 2.27. The molecule has 0 unspecified atom stereocenters. The number of carbonyl (C=O) groups is 1. The molecule has 2 rings (SSSR count). The highest BCUT2D eigenvalue weighted by atomic mass is 16.4. The van der Waals surface area contributed by atoms with Gasteiger partial charge in [-0.3, -0.25) is 4.79 Å². The van der Waals surface area contributed by atoms with Crippen molar-refractivity contribution >= 4 is 5.97 Å². The minimum Gasteiger partial charge on any atom is -0.481 e. The minimum atomic E-state index is -0.557. The molecule has 11 heavy (non-hydrogen) atoms. The van der Waals surface area contributed by atoms with Crippen LogP contribution >= 0.6 is 0 Å². The van der Waals surface area contributed by atoms with Crippen LogP contribution in [-0.2, 0) is 4.79 Å². The molecule has 0 aromatic rings. The van der Waals surface area contributed by atoms with Crippen LogP contribution in [0.3, 0.4) is 0 Å². The molecule has 2 saturated carbocycles. The van der Waals surface area contributed by atoms with Crippen molar-refractivity contribution in [2.24, 2.45) is 10.8 Å². The Labute approximate surface area is 66.6 Å². The number of rotatable bonds is 1. The Bertz CT molecular complexity index is 200. The highest BCUT2D eigenvalue weighted by Gasteiger charge is 2.55. The first-order valence-corrected chi connectivity index (χ1v) is 4.30.